The van der Waals surface area contributed by atoms with E-state index < -0.39 is 0 Å². The van der Waals surface area contributed by atoms with Crippen molar-refractivity contribution < 1.29 is 18.5 Å². The molecule has 5 nitrogen and oxygen atoms in total. The number of halogens is 1. The molecule has 0 saturated carbocycles. The molecule has 2 unspecified atom stereocenters. The van der Waals surface area contributed by atoms with E-state index in [9.17, 15) is 4.39 Å². The molecule has 7 heteroatoms. The molecule has 1 N–H and O–H groups in total. The van der Waals surface area contributed by atoms with Gasteiger partial charge in [-0.25, -0.2) is 14.6 Å². The average Bonchev–Trinajstić information content (AvgIpc) is 3.28. The first-order chi connectivity index (χ1) is 16.1. The summed E-state index contributed by atoms with van der Waals surface area (Å²) >= 11 is 0. The molecule has 2 aliphatic rings. The van der Waals surface area contributed by atoms with Gasteiger partial charge in [0.15, 0.2) is 0 Å². The number of rotatable bonds is 8. The zero-order valence-corrected chi connectivity index (χ0v) is 23.2. The van der Waals surface area contributed by atoms with Crippen molar-refractivity contribution in [3.63, 3.8) is 0 Å². The fourth-order valence-corrected chi connectivity index (χ4v) is 5.42. The Hall–Kier alpha value is -1.53. The Labute approximate surface area is 212 Å². The van der Waals surface area contributed by atoms with Crippen molar-refractivity contribution in [2.24, 2.45) is 16.7 Å². The average molecular weight is 488 g/mol. The second-order valence-electron chi connectivity index (χ2n) is 12.5. The van der Waals surface area contributed by atoms with Gasteiger partial charge in [0.25, 0.3) is 0 Å². The summed E-state index contributed by atoms with van der Waals surface area (Å²) < 4.78 is 25.6. The van der Waals surface area contributed by atoms with Crippen molar-refractivity contribution in [3.05, 3.63) is 35.6 Å². The van der Waals surface area contributed by atoms with Crippen LogP contribution in [0.2, 0.25) is 6.32 Å². The largest absolute Gasteiger partial charge is 0.457 e. The molecule has 0 aliphatic carbocycles. The third-order valence-corrected chi connectivity index (χ3v) is 8.89. The van der Waals surface area contributed by atoms with Gasteiger partial charge >= 0.3 is 7.12 Å². The van der Waals surface area contributed by atoms with E-state index in [0.29, 0.717) is 5.92 Å². The lowest BCUT2D eigenvalue weighted by Gasteiger charge is -2.47. The molecule has 35 heavy (non-hydrogen) atoms. The zero-order chi connectivity index (χ0) is 26.5. The van der Waals surface area contributed by atoms with Crippen LogP contribution in [-0.4, -0.2) is 42.4 Å². The molecule has 0 radical (unpaired) electrons. The summed E-state index contributed by atoms with van der Waals surface area (Å²) in [5.41, 5.74) is 1.24. The standard InChI is InChI=1S/C27H45BFNO2.CHNO/c1-24(2,3)27(8,16-9-10-17-28-31-25(4,5)26(6,7)32-28)22-15-18-30(20-22)19-21-11-13-23(29)14-12-21;2-1-3/h11-14,22H,9-10,15-20H2,1-8H3;2H. The maximum atomic E-state index is 13.2. The molecule has 3 rings (SSSR count). The predicted octanol–water partition coefficient (Wildman–Crippen LogP) is 6.86. The van der Waals surface area contributed by atoms with Gasteiger partial charge in [-0.1, -0.05) is 52.7 Å². The molecule has 2 saturated heterocycles. The highest BCUT2D eigenvalue weighted by Crippen LogP contribution is 2.51. The number of carbonyl (C=O) groups excluding carboxylic acids is 1. The SMILES string of the molecule is CC(C)(C)C(C)(CCCCB1OC(C)(C)C(C)(C)O1)C1CCN(Cc2ccc(F)cc2)C1.N=C=O. The quantitative estimate of drug-likeness (QED) is 0.188. The van der Waals surface area contributed by atoms with Gasteiger partial charge in [0.05, 0.1) is 11.2 Å². The lowest BCUT2D eigenvalue weighted by Crippen LogP contribution is -2.41. The second kappa shape index (κ2) is 11.7. The molecular weight excluding hydrogens is 442 g/mol. The number of isocyanates is 1. The van der Waals surface area contributed by atoms with Crippen molar-refractivity contribution in [1.29, 1.82) is 5.41 Å². The van der Waals surface area contributed by atoms with E-state index in [1.807, 2.05) is 12.1 Å². The first-order valence-electron chi connectivity index (χ1n) is 13.0. The van der Waals surface area contributed by atoms with Crippen LogP contribution in [0.1, 0.15) is 86.6 Å². The van der Waals surface area contributed by atoms with Crippen LogP contribution in [0.5, 0.6) is 0 Å². The number of unbranched alkanes of at least 4 members (excludes halogenated alkanes) is 1. The molecule has 2 fully saturated rings. The van der Waals surface area contributed by atoms with E-state index in [-0.39, 0.29) is 35.0 Å². The highest BCUT2D eigenvalue weighted by Gasteiger charge is 2.51. The minimum atomic E-state index is -0.241. The summed E-state index contributed by atoms with van der Waals surface area (Å²) in [6.07, 6.45) is 6.52. The molecule has 2 heterocycles. The van der Waals surface area contributed by atoms with Gasteiger partial charge in [0, 0.05) is 13.1 Å². The lowest BCUT2D eigenvalue weighted by atomic mass is 9.58. The predicted molar refractivity (Wildman–Crippen MR) is 140 cm³/mol. The van der Waals surface area contributed by atoms with E-state index >= 15 is 0 Å². The highest BCUT2D eigenvalue weighted by molar-refractivity contribution is 6.45. The van der Waals surface area contributed by atoms with Gasteiger partial charge < -0.3 is 9.31 Å². The van der Waals surface area contributed by atoms with Crippen LogP contribution in [0.15, 0.2) is 24.3 Å². The fourth-order valence-electron chi connectivity index (χ4n) is 5.42. The van der Waals surface area contributed by atoms with Crippen LogP contribution >= 0.6 is 0 Å². The summed E-state index contributed by atoms with van der Waals surface area (Å²) in [6.45, 7) is 21.4. The fraction of sp³-hybridized carbons (Fsp3) is 0.750. The molecule has 0 spiro atoms. The Morgan fingerprint density at radius 1 is 1.09 bits per heavy atom. The van der Waals surface area contributed by atoms with Crippen molar-refractivity contribution in [1.82, 2.24) is 4.90 Å². The Kier molecular flexibility index (Phi) is 9.92. The Morgan fingerprint density at radius 3 is 2.14 bits per heavy atom. The van der Waals surface area contributed by atoms with Crippen LogP contribution in [0.3, 0.4) is 0 Å². The number of nitrogens with one attached hydrogen (secondary N) is 1. The summed E-state index contributed by atoms with van der Waals surface area (Å²) in [6, 6.07) is 6.98. The van der Waals surface area contributed by atoms with Crippen LogP contribution < -0.4 is 0 Å². The van der Waals surface area contributed by atoms with E-state index in [0.717, 1.165) is 38.5 Å². The molecule has 0 aromatic heterocycles. The first kappa shape index (κ1) is 29.7. The number of benzene rings is 1. The van der Waals surface area contributed by atoms with Gasteiger partial charge in [0.1, 0.15) is 5.82 Å². The van der Waals surface area contributed by atoms with Crippen molar-refractivity contribution in [2.45, 2.75) is 105 Å². The first-order valence-corrected chi connectivity index (χ1v) is 13.0. The van der Waals surface area contributed by atoms with Gasteiger partial charge in [0.2, 0.25) is 6.08 Å². The normalized spacial score (nSPS) is 23.3. The van der Waals surface area contributed by atoms with Crippen molar-refractivity contribution in [3.8, 4) is 0 Å². The molecule has 1 aromatic carbocycles. The lowest BCUT2D eigenvalue weighted by molar-refractivity contribution is 0.00578. The zero-order valence-electron chi connectivity index (χ0n) is 23.2. The van der Waals surface area contributed by atoms with Gasteiger partial charge in [-0.3, -0.25) is 4.90 Å². The number of likely N-dealkylation sites (tertiary alicyclic amines) is 1. The summed E-state index contributed by atoms with van der Waals surface area (Å²) in [4.78, 5) is 10.9. The number of nitrogens with zero attached hydrogens (tertiary/aromatic N) is 1. The minimum Gasteiger partial charge on any atom is -0.403 e. The molecular formula is C28H46BFN2O3. The van der Waals surface area contributed by atoms with Crippen LogP contribution in [0, 0.1) is 28.0 Å². The van der Waals surface area contributed by atoms with Crippen LogP contribution in [0.25, 0.3) is 0 Å². The molecule has 196 valence electrons. The summed E-state index contributed by atoms with van der Waals surface area (Å²) in [5, 5.41) is 5.40. The minimum absolute atomic E-state index is 0.0847. The second-order valence-corrected chi connectivity index (χ2v) is 12.5. The maximum absolute atomic E-state index is 13.2. The molecule has 0 bridgehead atoms. The van der Waals surface area contributed by atoms with Gasteiger partial charge in [-0.05, 0) is 87.8 Å². The highest BCUT2D eigenvalue weighted by atomic mass is 19.1. The molecule has 2 aliphatic heterocycles. The van der Waals surface area contributed by atoms with Gasteiger partial charge in [-0.15, -0.1) is 0 Å². The van der Waals surface area contributed by atoms with E-state index in [1.165, 1.54) is 24.8 Å². The summed E-state index contributed by atoms with van der Waals surface area (Å²) in [7, 11) is -0.0847. The smallest absolute Gasteiger partial charge is 0.403 e. The summed E-state index contributed by atoms with van der Waals surface area (Å²) in [5.74, 6) is 0.522. The Balaban J connectivity index is 0.00000137. The van der Waals surface area contributed by atoms with Crippen molar-refractivity contribution in [2.75, 3.05) is 13.1 Å². The van der Waals surface area contributed by atoms with E-state index in [2.05, 4.69) is 60.3 Å². The van der Waals surface area contributed by atoms with Gasteiger partial charge in [-0.2, -0.15) is 0 Å². The third kappa shape index (κ3) is 7.49. The third-order valence-electron chi connectivity index (χ3n) is 8.89. The maximum Gasteiger partial charge on any atom is 0.457 e. The van der Waals surface area contributed by atoms with E-state index in [1.54, 1.807) is 12.1 Å². The molecule has 1 aromatic rings. The van der Waals surface area contributed by atoms with Crippen molar-refractivity contribution >= 4 is 13.2 Å². The Bertz CT molecular complexity index is 831. The molecule has 0 amide bonds. The molecule has 2 atom stereocenters. The number of hydrogen-bond acceptors (Lipinski definition) is 5. The number of hydrogen-bond donors (Lipinski definition) is 1. The van der Waals surface area contributed by atoms with Crippen LogP contribution in [0.4, 0.5) is 4.39 Å². The monoisotopic (exact) mass is 488 g/mol. The van der Waals surface area contributed by atoms with E-state index in [4.69, 9.17) is 19.5 Å². The Morgan fingerprint density at radius 2 is 1.63 bits per heavy atom. The van der Waals surface area contributed by atoms with Crippen LogP contribution in [-0.2, 0) is 20.6 Å². The topological polar surface area (TPSA) is 62.6 Å².